The first-order valence-corrected chi connectivity index (χ1v) is 6.92. The molecule has 0 unspecified atom stereocenters. The van der Waals surface area contributed by atoms with Crippen molar-refractivity contribution in [3.05, 3.63) is 22.7 Å². The van der Waals surface area contributed by atoms with E-state index in [4.69, 9.17) is 0 Å². The molecule has 20 heavy (non-hydrogen) atoms. The molecule has 0 bridgehead atoms. The van der Waals surface area contributed by atoms with E-state index in [0.29, 0.717) is 12.8 Å². The lowest BCUT2D eigenvalue weighted by Crippen LogP contribution is -2.38. The van der Waals surface area contributed by atoms with E-state index in [-0.39, 0.29) is 24.0 Å². The predicted octanol–water partition coefficient (Wildman–Crippen LogP) is 2.13. The van der Waals surface area contributed by atoms with Crippen molar-refractivity contribution in [1.82, 2.24) is 9.55 Å². The smallest absolute Gasteiger partial charge is 0.311 e. The number of anilines is 1. The number of hydrogen-bond donors (Lipinski definition) is 2. The summed E-state index contributed by atoms with van der Waals surface area (Å²) in [5.41, 5.74) is -1.10. The second-order valence-corrected chi connectivity index (χ2v) is 5.23. The monoisotopic (exact) mass is 281 g/mol. The average molecular weight is 281 g/mol. The number of hydrogen-bond acceptors (Lipinski definition) is 4. The van der Waals surface area contributed by atoms with Crippen molar-refractivity contribution >= 4 is 11.8 Å². The van der Waals surface area contributed by atoms with Crippen molar-refractivity contribution in [1.29, 1.82) is 0 Å². The zero-order valence-electron chi connectivity index (χ0n) is 12.5. The molecule has 0 aliphatic carbocycles. The number of carboxylic acid groups (broad SMARTS) is 1. The van der Waals surface area contributed by atoms with Gasteiger partial charge in [-0.05, 0) is 26.7 Å². The van der Waals surface area contributed by atoms with Crippen LogP contribution in [-0.4, -0.2) is 27.2 Å². The molecular weight excluding hydrogens is 258 g/mol. The van der Waals surface area contributed by atoms with Gasteiger partial charge in [-0.3, -0.25) is 9.59 Å². The molecule has 0 spiro atoms. The first kappa shape index (κ1) is 16.2. The number of aromatic nitrogens is 2. The van der Waals surface area contributed by atoms with Gasteiger partial charge in [0.15, 0.2) is 5.82 Å². The average Bonchev–Trinajstić information content (AvgIpc) is 2.41. The molecule has 0 fully saturated rings. The van der Waals surface area contributed by atoms with E-state index in [1.165, 1.54) is 0 Å². The van der Waals surface area contributed by atoms with Crippen LogP contribution in [0, 0.1) is 5.41 Å². The van der Waals surface area contributed by atoms with Crippen LogP contribution in [0.15, 0.2) is 17.2 Å². The standard InChI is InChI=1S/C14H23N3O3/c1-5-14(6-2,13(19)20)9-16-11-12(18)17(10(3)4)8-7-15-11/h7-8,10H,5-6,9H2,1-4H3,(H,15,16)(H,19,20). The Morgan fingerprint density at radius 1 is 1.45 bits per heavy atom. The van der Waals surface area contributed by atoms with Gasteiger partial charge in [-0.15, -0.1) is 0 Å². The van der Waals surface area contributed by atoms with Crippen molar-refractivity contribution in [3.8, 4) is 0 Å². The minimum atomic E-state index is -0.868. The second kappa shape index (κ2) is 6.54. The van der Waals surface area contributed by atoms with Gasteiger partial charge < -0.3 is 15.0 Å². The molecule has 2 N–H and O–H groups in total. The molecule has 112 valence electrons. The lowest BCUT2D eigenvalue weighted by molar-refractivity contribution is -0.148. The summed E-state index contributed by atoms with van der Waals surface area (Å²) in [6.07, 6.45) is 4.17. The normalized spacial score (nSPS) is 11.7. The van der Waals surface area contributed by atoms with E-state index in [2.05, 4.69) is 10.3 Å². The van der Waals surface area contributed by atoms with Gasteiger partial charge in [-0.2, -0.15) is 0 Å². The van der Waals surface area contributed by atoms with Crippen molar-refractivity contribution < 1.29 is 9.90 Å². The summed E-state index contributed by atoms with van der Waals surface area (Å²) in [7, 11) is 0. The van der Waals surface area contributed by atoms with Gasteiger partial charge >= 0.3 is 5.97 Å². The Balaban J connectivity index is 2.98. The third-order valence-electron chi connectivity index (χ3n) is 3.83. The van der Waals surface area contributed by atoms with E-state index in [1.807, 2.05) is 27.7 Å². The topological polar surface area (TPSA) is 84.2 Å². The molecule has 0 aromatic carbocycles. The number of carbonyl (C=O) groups is 1. The first-order valence-electron chi connectivity index (χ1n) is 6.92. The van der Waals surface area contributed by atoms with Gasteiger partial charge in [-0.1, -0.05) is 13.8 Å². The van der Waals surface area contributed by atoms with Gasteiger partial charge in [0.2, 0.25) is 0 Å². The van der Waals surface area contributed by atoms with E-state index >= 15 is 0 Å². The molecular formula is C14H23N3O3. The van der Waals surface area contributed by atoms with Gasteiger partial charge in [0, 0.05) is 25.0 Å². The van der Waals surface area contributed by atoms with E-state index in [0.717, 1.165) is 0 Å². The molecule has 1 heterocycles. The van der Waals surface area contributed by atoms with Crippen LogP contribution in [0.2, 0.25) is 0 Å². The van der Waals surface area contributed by atoms with Crippen LogP contribution < -0.4 is 10.9 Å². The molecule has 0 aliphatic rings. The van der Waals surface area contributed by atoms with Gasteiger partial charge in [0.25, 0.3) is 5.56 Å². The van der Waals surface area contributed by atoms with E-state index < -0.39 is 11.4 Å². The Labute approximate surface area is 118 Å². The molecule has 0 atom stereocenters. The maximum Gasteiger partial charge on any atom is 0.311 e. The van der Waals surface area contributed by atoms with Crippen LogP contribution in [-0.2, 0) is 4.79 Å². The fourth-order valence-corrected chi connectivity index (χ4v) is 2.08. The minimum Gasteiger partial charge on any atom is -0.481 e. The zero-order valence-corrected chi connectivity index (χ0v) is 12.5. The Morgan fingerprint density at radius 2 is 2.05 bits per heavy atom. The summed E-state index contributed by atoms with van der Waals surface area (Å²) in [6, 6.07) is 0.0348. The molecule has 0 saturated heterocycles. The molecule has 0 aliphatic heterocycles. The highest BCUT2D eigenvalue weighted by Crippen LogP contribution is 2.26. The maximum absolute atomic E-state index is 12.2. The third kappa shape index (κ3) is 3.18. The van der Waals surface area contributed by atoms with Gasteiger partial charge in [0.05, 0.1) is 5.41 Å². The molecule has 6 nitrogen and oxygen atoms in total. The van der Waals surface area contributed by atoms with Crippen LogP contribution in [0.4, 0.5) is 5.82 Å². The fraction of sp³-hybridized carbons (Fsp3) is 0.643. The Bertz CT molecular complexity index is 519. The van der Waals surface area contributed by atoms with Gasteiger partial charge in [0.1, 0.15) is 0 Å². The second-order valence-electron chi connectivity index (χ2n) is 5.23. The number of aliphatic carboxylic acids is 1. The summed E-state index contributed by atoms with van der Waals surface area (Å²) in [5.74, 6) is -0.649. The largest absolute Gasteiger partial charge is 0.481 e. The van der Waals surface area contributed by atoms with Crippen molar-refractivity contribution in [2.75, 3.05) is 11.9 Å². The van der Waals surface area contributed by atoms with Crippen LogP contribution in [0.25, 0.3) is 0 Å². The zero-order chi connectivity index (χ0) is 15.3. The molecule has 0 radical (unpaired) electrons. The summed E-state index contributed by atoms with van der Waals surface area (Å²) in [4.78, 5) is 27.6. The summed E-state index contributed by atoms with van der Waals surface area (Å²) in [5, 5.41) is 12.3. The van der Waals surface area contributed by atoms with E-state index in [1.54, 1.807) is 17.0 Å². The maximum atomic E-state index is 12.2. The minimum absolute atomic E-state index is 0.0348. The highest BCUT2D eigenvalue weighted by atomic mass is 16.4. The molecule has 0 saturated carbocycles. The Hall–Kier alpha value is -1.85. The first-order chi connectivity index (χ1) is 9.38. The molecule has 1 rings (SSSR count). The number of carboxylic acids is 1. The number of nitrogens with zero attached hydrogens (tertiary/aromatic N) is 2. The Kier molecular flexibility index (Phi) is 5.30. The van der Waals surface area contributed by atoms with Crippen molar-refractivity contribution in [2.24, 2.45) is 5.41 Å². The van der Waals surface area contributed by atoms with Crippen LogP contribution in [0.5, 0.6) is 0 Å². The van der Waals surface area contributed by atoms with E-state index in [9.17, 15) is 14.7 Å². The highest BCUT2D eigenvalue weighted by molar-refractivity contribution is 5.75. The fourth-order valence-electron chi connectivity index (χ4n) is 2.08. The molecule has 1 aromatic rings. The quantitative estimate of drug-likeness (QED) is 0.799. The third-order valence-corrected chi connectivity index (χ3v) is 3.83. The lowest BCUT2D eigenvalue weighted by atomic mass is 9.82. The van der Waals surface area contributed by atoms with Crippen molar-refractivity contribution in [3.63, 3.8) is 0 Å². The lowest BCUT2D eigenvalue weighted by Gasteiger charge is -2.27. The Morgan fingerprint density at radius 3 is 2.50 bits per heavy atom. The van der Waals surface area contributed by atoms with Crippen LogP contribution in [0.3, 0.4) is 0 Å². The molecule has 1 aromatic heterocycles. The summed E-state index contributed by atoms with van der Waals surface area (Å²) < 4.78 is 1.57. The van der Waals surface area contributed by atoms with Crippen LogP contribution in [0.1, 0.15) is 46.6 Å². The van der Waals surface area contributed by atoms with Crippen molar-refractivity contribution in [2.45, 2.75) is 46.6 Å². The molecule has 0 amide bonds. The van der Waals surface area contributed by atoms with Crippen LogP contribution >= 0.6 is 0 Å². The number of rotatable bonds is 7. The van der Waals surface area contributed by atoms with Gasteiger partial charge in [-0.25, -0.2) is 4.98 Å². The molecule has 6 heteroatoms. The summed E-state index contributed by atoms with van der Waals surface area (Å²) in [6.45, 7) is 7.68. The number of nitrogens with one attached hydrogen (secondary N) is 1. The predicted molar refractivity (Wildman–Crippen MR) is 78.0 cm³/mol. The highest BCUT2D eigenvalue weighted by Gasteiger charge is 2.34. The summed E-state index contributed by atoms with van der Waals surface area (Å²) >= 11 is 0. The SMILES string of the molecule is CCC(CC)(CNc1nccn(C(C)C)c1=O)C(=O)O.